The van der Waals surface area contributed by atoms with Crippen molar-refractivity contribution < 1.29 is 18.3 Å². The number of nitrogens with one attached hydrogen (secondary N) is 1. The Hall–Kier alpha value is -6.03. The second kappa shape index (κ2) is 17.0. The minimum absolute atomic E-state index is 0.0233. The number of rotatable bonds is 11. The SMILES string of the molecule is CCN(C)SNc1ccc(F)c(Oc2ccc3ncn(-c4cnc(N5CCN(C(=O)CN6CCC(c7ccc(N)cc7F)CC6)CC5)nc4)c(=O)c3c2N)c1C#N. The van der Waals surface area contributed by atoms with Gasteiger partial charge < -0.3 is 30.7 Å². The highest BCUT2D eigenvalue weighted by atomic mass is 32.2. The molecule has 1 amide bonds. The molecule has 5 N–H and O–H groups in total. The number of carbonyl (C=O) groups is 1. The fourth-order valence-electron chi connectivity index (χ4n) is 6.97. The third kappa shape index (κ3) is 8.40. The number of amides is 1. The Morgan fingerprint density at radius 2 is 1.75 bits per heavy atom. The number of likely N-dealkylation sites (tertiary alicyclic amines) is 1. The number of fused-ring (bicyclic) bond motifs is 1. The van der Waals surface area contributed by atoms with Gasteiger partial charge in [0.05, 0.1) is 46.9 Å². The van der Waals surface area contributed by atoms with Gasteiger partial charge >= 0.3 is 0 Å². The molecule has 0 aliphatic carbocycles. The van der Waals surface area contributed by atoms with Crippen LogP contribution in [0.15, 0.2) is 66.0 Å². The van der Waals surface area contributed by atoms with E-state index in [0.717, 1.165) is 19.4 Å². The number of hydrogen-bond donors (Lipinski definition) is 3. The Balaban J connectivity index is 0.985. The summed E-state index contributed by atoms with van der Waals surface area (Å²) >= 11 is 1.24. The normalized spacial score (nSPS) is 15.2. The third-order valence-corrected chi connectivity index (χ3v) is 11.2. The molecule has 0 bridgehead atoms. The number of nitrogens with two attached hydrogens (primary N) is 2. The fourth-order valence-corrected chi connectivity index (χ4v) is 7.52. The third-order valence-electron chi connectivity index (χ3n) is 10.3. The number of piperazine rings is 1. The Bertz CT molecular complexity index is 2380. The number of nitrogen functional groups attached to an aromatic ring is 2. The van der Waals surface area contributed by atoms with Crippen LogP contribution < -0.4 is 31.4 Å². The van der Waals surface area contributed by atoms with E-state index in [2.05, 4.69) is 24.6 Å². The van der Waals surface area contributed by atoms with E-state index in [4.69, 9.17) is 16.2 Å². The largest absolute Gasteiger partial charge is 0.451 e. The van der Waals surface area contributed by atoms with Crippen LogP contribution in [0.1, 0.15) is 36.8 Å². The Morgan fingerprint density at radius 1 is 1.02 bits per heavy atom. The van der Waals surface area contributed by atoms with Crippen molar-refractivity contribution in [3.05, 3.63) is 94.3 Å². The number of piperidine rings is 1. The van der Waals surface area contributed by atoms with Gasteiger partial charge in [0.25, 0.3) is 5.56 Å². The average molecular weight is 797 g/mol. The molecule has 0 unspecified atom stereocenters. The van der Waals surface area contributed by atoms with E-state index in [1.165, 1.54) is 65.8 Å². The van der Waals surface area contributed by atoms with E-state index in [9.17, 15) is 19.2 Å². The lowest BCUT2D eigenvalue weighted by Crippen LogP contribution is -2.52. The van der Waals surface area contributed by atoms with Crippen LogP contribution in [-0.4, -0.2) is 98.9 Å². The highest BCUT2D eigenvalue weighted by molar-refractivity contribution is 7.98. The summed E-state index contributed by atoms with van der Waals surface area (Å²) in [4.78, 5) is 46.4. The van der Waals surface area contributed by atoms with E-state index < -0.39 is 11.4 Å². The zero-order chi connectivity index (χ0) is 40.2. The molecule has 3 aromatic carbocycles. The number of ether oxygens (including phenoxy) is 1. The van der Waals surface area contributed by atoms with Gasteiger partial charge in [-0.1, -0.05) is 13.0 Å². The van der Waals surface area contributed by atoms with Crippen LogP contribution in [0.3, 0.4) is 0 Å². The van der Waals surface area contributed by atoms with Crippen molar-refractivity contribution in [2.75, 3.05) is 80.5 Å². The number of hydrogen-bond acceptors (Lipinski definition) is 14. The molecule has 15 nitrogen and oxygen atoms in total. The minimum Gasteiger partial charge on any atom is -0.451 e. The number of nitriles is 1. The molecule has 2 fully saturated rings. The first-order chi connectivity index (χ1) is 27.5. The molecule has 7 rings (SSSR count). The Labute approximate surface area is 332 Å². The van der Waals surface area contributed by atoms with Crippen molar-refractivity contribution in [2.24, 2.45) is 0 Å². The minimum atomic E-state index is -0.777. The Morgan fingerprint density at radius 3 is 2.44 bits per heavy atom. The molecule has 4 heterocycles. The van der Waals surface area contributed by atoms with Crippen LogP contribution in [-0.2, 0) is 4.79 Å². The smallest absolute Gasteiger partial charge is 0.268 e. The molecule has 0 atom stereocenters. The van der Waals surface area contributed by atoms with Crippen molar-refractivity contribution in [1.82, 2.24) is 33.6 Å². The van der Waals surface area contributed by atoms with Gasteiger partial charge in [-0.25, -0.2) is 28.0 Å². The maximum absolute atomic E-state index is 15.1. The standard InChI is InChI=1S/C39H42F2N12O3S/c1-3-49(2)57-48-31-7-6-29(40)37(28(31)19-42)56-33-9-8-32-35(36(33)44)38(55)53(23-47-32)26-20-45-39(46-21-26)52-16-14-51(15-17-52)34(54)22-50-12-10-24(11-13-50)27-5-4-25(43)18-30(27)41/h4-9,18,20-21,23-24,48H,3,10-17,22,43-44H2,1-2H3. The van der Waals surface area contributed by atoms with Crippen LogP contribution in [0.4, 0.5) is 31.8 Å². The molecule has 57 heavy (non-hydrogen) atoms. The molecule has 2 aliphatic rings. The van der Waals surface area contributed by atoms with Crippen LogP contribution in [0, 0.1) is 23.0 Å². The van der Waals surface area contributed by atoms with Gasteiger partial charge in [-0.05, 0) is 80.9 Å². The van der Waals surface area contributed by atoms with Gasteiger partial charge in [0.2, 0.25) is 11.9 Å². The predicted octanol–water partition coefficient (Wildman–Crippen LogP) is 4.74. The molecule has 2 aliphatic heterocycles. The first-order valence-corrected chi connectivity index (χ1v) is 19.3. The number of anilines is 4. The monoisotopic (exact) mass is 796 g/mol. The van der Waals surface area contributed by atoms with E-state index in [0.29, 0.717) is 79.9 Å². The summed E-state index contributed by atoms with van der Waals surface area (Å²) in [6.07, 6.45) is 5.90. The quantitative estimate of drug-likeness (QED) is 0.123. The van der Waals surface area contributed by atoms with Gasteiger partial charge in [0, 0.05) is 50.5 Å². The second-order valence-corrected chi connectivity index (χ2v) is 14.9. The molecular weight excluding hydrogens is 755 g/mol. The molecule has 0 saturated carbocycles. The molecule has 18 heteroatoms. The second-order valence-electron chi connectivity index (χ2n) is 13.9. The predicted molar refractivity (Wildman–Crippen MR) is 216 cm³/mol. The number of nitrogens with zero attached hydrogens (tertiary/aromatic N) is 9. The van der Waals surface area contributed by atoms with E-state index >= 15 is 4.39 Å². The van der Waals surface area contributed by atoms with E-state index in [-0.39, 0.29) is 45.8 Å². The van der Waals surface area contributed by atoms with Crippen molar-refractivity contribution in [3.8, 4) is 23.3 Å². The lowest BCUT2D eigenvalue weighted by atomic mass is 9.89. The van der Waals surface area contributed by atoms with Crippen molar-refractivity contribution in [1.29, 1.82) is 5.26 Å². The zero-order valence-electron chi connectivity index (χ0n) is 31.5. The van der Waals surface area contributed by atoms with E-state index in [1.54, 1.807) is 12.1 Å². The zero-order valence-corrected chi connectivity index (χ0v) is 32.3. The molecular formula is C39H42F2N12O3S. The topological polar surface area (TPSA) is 188 Å². The van der Waals surface area contributed by atoms with Crippen molar-refractivity contribution in [3.63, 3.8) is 0 Å². The summed E-state index contributed by atoms with van der Waals surface area (Å²) in [7, 11) is 1.86. The highest BCUT2D eigenvalue weighted by Gasteiger charge is 2.28. The number of benzene rings is 3. The van der Waals surface area contributed by atoms with Crippen LogP contribution >= 0.6 is 12.1 Å². The summed E-state index contributed by atoms with van der Waals surface area (Å²) in [6, 6.07) is 12.5. The molecule has 0 radical (unpaired) electrons. The summed E-state index contributed by atoms with van der Waals surface area (Å²) < 4.78 is 41.6. The maximum Gasteiger partial charge on any atom is 0.268 e. The lowest BCUT2D eigenvalue weighted by molar-refractivity contribution is -0.133. The van der Waals surface area contributed by atoms with Gasteiger partial charge in [0.15, 0.2) is 17.3 Å². The number of halogens is 2. The van der Waals surface area contributed by atoms with Crippen molar-refractivity contribution >= 4 is 52.0 Å². The van der Waals surface area contributed by atoms with Crippen molar-refractivity contribution in [2.45, 2.75) is 25.7 Å². The average Bonchev–Trinajstić information content (AvgIpc) is 3.22. The Kier molecular flexibility index (Phi) is 11.7. The van der Waals surface area contributed by atoms with Gasteiger partial charge in [-0.15, -0.1) is 0 Å². The maximum atomic E-state index is 15.1. The number of carbonyl (C=O) groups excluding carboxylic acids is 1. The summed E-state index contributed by atoms with van der Waals surface area (Å²) in [6.45, 7) is 6.49. The summed E-state index contributed by atoms with van der Waals surface area (Å²) in [5.74, 6) is -0.803. The van der Waals surface area contributed by atoms with E-state index in [1.807, 2.05) is 34.1 Å². The molecule has 5 aromatic rings. The molecule has 0 spiro atoms. The first kappa shape index (κ1) is 39.2. The summed E-state index contributed by atoms with van der Waals surface area (Å²) in [5, 5.41) is 9.95. The van der Waals surface area contributed by atoms with Gasteiger partial charge in [0.1, 0.15) is 23.8 Å². The summed E-state index contributed by atoms with van der Waals surface area (Å²) in [5.41, 5.74) is 13.6. The van der Waals surface area contributed by atoms with Gasteiger partial charge in [-0.3, -0.25) is 19.1 Å². The van der Waals surface area contributed by atoms with Crippen LogP contribution in [0.5, 0.6) is 11.5 Å². The fraction of sp³-hybridized carbons (Fsp3) is 0.333. The number of aromatic nitrogens is 4. The molecule has 296 valence electrons. The lowest BCUT2D eigenvalue weighted by Gasteiger charge is -2.37. The van der Waals surface area contributed by atoms with Crippen LogP contribution in [0.2, 0.25) is 0 Å². The first-order valence-electron chi connectivity index (χ1n) is 18.5. The van der Waals surface area contributed by atoms with Gasteiger partial charge in [-0.2, -0.15) is 5.26 Å². The molecule has 2 saturated heterocycles. The molecule has 2 aromatic heterocycles. The van der Waals surface area contributed by atoms with Crippen LogP contribution in [0.25, 0.3) is 16.6 Å². The highest BCUT2D eigenvalue weighted by Crippen LogP contribution is 2.38.